The standard InChI is InChI=1S/C15H18N2S/c1-12-7-14(10-17-8-12)11-18-15-5-3-13(4-6-15)9-16-2/h3-8,10,16H,9,11H2,1-2H3. The third-order valence-corrected chi connectivity index (χ3v) is 3.72. The Morgan fingerprint density at radius 2 is 1.89 bits per heavy atom. The SMILES string of the molecule is CNCc1ccc(SCc2cncc(C)c2)cc1. The fourth-order valence-corrected chi connectivity index (χ4v) is 2.59. The first kappa shape index (κ1) is 13.1. The van der Waals surface area contributed by atoms with Gasteiger partial charge < -0.3 is 5.32 Å². The fourth-order valence-electron chi connectivity index (χ4n) is 1.77. The van der Waals surface area contributed by atoms with Crippen LogP contribution in [0.3, 0.4) is 0 Å². The third-order valence-electron chi connectivity index (χ3n) is 2.64. The normalized spacial score (nSPS) is 10.6. The molecule has 2 nitrogen and oxygen atoms in total. The highest BCUT2D eigenvalue weighted by Gasteiger charge is 1.98. The second-order valence-corrected chi connectivity index (χ2v) is 5.38. The topological polar surface area (TPSA) is 24.9 Å². The average molecular weight is 258 g/mol. The van der Waals surface area contributed by atoms with Crippen molar-refractivity contribution in [3.63, 3.8) is 0 Å². The summed E-state index contributed by atoms with van der Waals surface area (Å²) >= 11 is 1.85. The highest BCUT2D eigenvalue weighted by molar-refractivity contribution is 7.98. The van der Waals surface area contributed by atoms with Crippen molar-refractivity contribution in [2.45, 2.75) is 24.1 Å². The van der Waals surface area contributed by atoms with Crippen LogP contribution in [0, 0.1) is 6.92 Å². The monoisotopic (exact) mass is 258 g/mol. The van der Waals surface area contributed by atoms with E-state index in [9.17, 15) is 0 Å². The molecule has 0 bridgehead atoms. The second-order valence-electron chi connectivity index (χ2n) is 4.33. The van der Waals surface area contributed by atoms with Crippen molar-refractivity contribution in [1.29, 1.82) is 0 Å². The molecule has 0 atom stereocenters. The average Bonchev–Trinajstić information content (AvgIpc) is 2.38. The second kappa shape index (κ2) is 6.57. The molecule has 0 saturated carbocycles. The maximum Gasteiger partial charge on any atom is 0.0308 e. The number of nitrogens with one attached hydrogen (secondary N) is 1. The van der Waals surface area contributed by atoms with E-state index in [2.05, 4.69) is 47.6 Å². The Morgan fingerprint density at radius 1 is 1.11 bits per heavy atom. The molecule has 2 rings (SSSR count). The van der Waals surface area contributed by atoms with Gasteiger partial charge in [-0.25, -0.2) is 0 Å². The Kier molecular flexibility index (Phi) is 4.79. The van der Waals surface area contributed by atoms with Gasteiger partial charge in [0.1, 0.15) is 0 Å². The minimum Gasteiger partial charge on any atom is -0.316 e. The van der Waals surface area contributed by atoms with Crippen molar-refractivity contribution in [3.8, 4) is 0 Å². The van der Waals surface area contributed by atoms with Crippen LogP contribution in [0.4, 0.5) is 0 Å². The number of nitrogens with zero attached hydrogens (tertiary/aromatic N) is 1. The van der Waals surface area contributed by atoms with E-state index in [-0.39, 0.29) is 0 Å². The molecule has 0 aliphatic carbocycles. The van der Waals surface area contributed by atoms with Crippen molar-refractivity contribution < 1.29 is 0 Å². The van der Waals surface area contributed by atoms with Gasteiger partial charge in [0.05, 0.1) is 0 Å². The number of pyridine rings is 1. The van der Waals surface area contributed by atoms with Crippen molar-refractivity contribution >= 4 is 11.8 Å². The lowest BCUT2D eigenvalue weighted by Crippen LogP contribution is -2.04. The summed E-state index contributed by atoms with van der Waals surface area (Å²) in [6.07, 6.45) is 3.83. The zero-order chi connectivity index (χ0) is 12.8. The van der Waals surface area contributed by atoms with E-state index >= 15 is 0 Å². The summed E-state index contributed by atoms with van der Waals surface area (Å²) in [5.74, 6) is 0.972. The third kappa shape index (κ3) is 3.86. The summed E-state index contributed by atoms with van der Waals surface area (Å²) < 4.78 is 0. The zero-order valence-corrected chi connectivity index (χ0v) is 11.6. The molecular formula is C15H18N2S. The Labute approximate surface area is 113 Å². The quantitative estimate of drug-likeness (QED) is 0.832. The van der Waals surface area contributed by atoms with Crippen LogP contribution in [0.2, 0.25) is 0 Å². The summed E-state index contributed by atoms with van der Waals surface area (Å²) in [5, 5.41) is 3.15. The van der Waals surface area contributed by atoms with E-state index < -0.39 is 0 Å². The molecule has 1 heterocycles. The van der Waals surface area contributed by atoms with E-state index in [0.717, 1.165) is 12.3 Å². The maximum absolute atomic E-state index is 4.21. The molecule has 0 fully saturated rings. The number of benzene rings is 1. The highest BCUT2D eigenvalue weighted by Crippen LogP contribution is 2.23. The van der Waals surface area contributed by atoms with Crippen LogP contribution >= 0.6 is 11.8 Å². The molecular weight excluding hydrogens is 240 g/mol. The van der Waals surface area contributed by atoms with Gasteiger partial charge in [0.2, 0.25) is 0 Å². The van der Waals surface area contributed by atoms with Gasteiger partial charge in [-0.2, -0.15) is 0 Å². The smallest absolute Gasteiger partial charge is 0.0308 e. The van der Waals surface area contributed by atoms with Gasteiger partial charge in [-0.1, -0.05) is 18.2 Å². The number of hydrogen-bond donors (Lipinski definition) is 1. The Morgan fingerprint density at radius 3 is 2.56 bits per heavy atom. The van der Waals surface area contributed by atoms with E-state index in [1.807, 2.05) is 31.2 Å². The molecule has 18 heavy (non-hydrogen) atoms. The largest absolute Gasteiger partial charge is 0.316 e. The van der Waals surface area contributed by atoms with E-state index in [0.29, 0.717) is 0 Å². The molecule has 0 radical (unpaired) electrons. The van der Waals surface area contributed by atoms with Crippen LogP contribution in [0.15, 0.2) is 47.6 Å². The van der Waals surface area contributed by atoms with Crippen LogP contribution < -0.4 is 5.32 Å². The van der Waals surface area contributed by atoms with Crippen molar-refractivity contribution in [1.82, 2.24) is 10.3 Å². The molecule has 94 valence electrons. The lowest BCUT2D eigenvalue weighted by atomic mass is 10.2. The summed E-state index contributed by atoms with van der Waals surface area (Å²) in [6.45, 7) is 3.00. The van der Waals surface area contributed by atoms with E-state index in [1.165, 1.54) is 21.6 Å². The highest BCUT2D eigenvalue weighted by atomic mass is 32.2. The maximum atomic E-state index is 4.21. The predicted molar refractivity (Wildman–Crippen MR) is 77.7 cm³/mol. The first-order valence-electron chi connectivity index (χ1n) is 6.05. The molecule has 0 aliphatic heterocycles. The van der Waals surface area contributed by atoms with Gasteiger partial charge in [0.25, 0.3) is 0 Å². The first-order valence-corrected chi connectivity index (χ1v) is 7.03. The first-order chi connectivity index (χ1) is 8.78. The van der Waals surface area contributed by atoms with Gasteiger partial charge in [0.15, 0.2) is 0 Å². The molecule has 1 aromatic heterocycles. The van der Waals surface area contributed by atoms with Crippen LogP contribution in [-0.2, 0) is 12.3 Å². The van der Waals surface area contributed by atoms with Gasteiger partial charge >= 0.3 is 0 Å². The molecule has 1 N–H and O–H groups in total. The van der Waals surface area contributed by atoms with Gasteiger partial charge in [-0.3, -0.25) is 4.98 Å². The van der Waals surface area contributed by atoms with Crippen LogP contribution in [-0.4, -0.2) is 12.0 Å². The zero-order valence-electron chi connectivity index (χ0n) is 10.8. The minimum absolute atomic E-state index is 0.923. The predicted octanol–water partition coefficient (Wildman–Crippen LogP) is 3.40. The molecule has 2 aromatic rings. The van der Waals surface area contributed by atoms with Gasteiger partial charge in [0, 0.05) is 29.6 Å². The number of thioether (sulfide) groups is 1. The lowest BCUT2D eigenvalue weighted by molar-refractivity contribution is 0.817. The molecule has 1 aromatic carbocycles. The number of aromatic nitrogens is 1. The van der Waals surface area contributed by atoms with Crippen LogP contribution in [0.5, 0.6) is 0 Å². The van der Waals surface area contributed by atoms with Crippen molar-refractivity contribution in [3.05, 3.63) is 59.4 Å². The summed E-state index contributed by atoms with van der Waals surface area (Å²) in [7, 11) is 1.97. The Balaban J connectivity index is 1.93. The van der Waals surface area contributed by atoms with Crippen LogP contribution in [0.25, 0.3) is 0 Å². The van der Waals surface area contributed by atoms with Gasteiger partial charge in [-0.05, 0) is 42.8 Å². The molecule has 0 aliphatic rings. The molecule has 0 saturated heterocycles. The molecule has 0 spiro atoms. The number of rotatable bonds is 5. The van der Waals surface area contributed by atoms with Crippen molar-refractivity contribution in [2.24, 2.45) is 0 Å². The number of aryl methyl sites for hydroxylation is 1. The number of hydrogen-bond acceptors (Lipinski definition) is 3. The molecule has 0 amide bonds. The summed E-state index contributed by atoms with van der Waals surface area (Å²) in [6, 6.07) is 10.9. The minimum atomic E-state index is 0.923. The summed E-state index contributed by atoms with van der Waals surface area (Å²) in [4.78, 5) is 5.52. The molecule has 0 unspecified atom stereocenters. The lowest BCUT2D eigenvalue weighted by Gasteiger charge is -2.04. The van der Waals surface area contributed by atoms with Crippen LogP contribution in [0.1, 0.15) is 16.7 Å². The van der Waals surface area contributed by atoms with Crippen molar-refractivity contribution in [2.75, 3.05) is 7.05 Å². The van der Waals surface area contributed by atoms with E-state index in [1.54, 1.807) is 0 Å². The van der Waals surface area contributed by atoms with Gasteiger partial charge in [-0.15, -0.1) is 11.8 Å². The Hall–Kier alpha value is -1.32. The molecule has 3 heteroatoms. The van der Waals surface area contributed by atoms with E-state index in [4.69, 9.17) is 0 Å². The summed E-state index contributed by atoms with van der Waals surface area (Å²) in [5.41, 5.74) is 3.82. The Bertz CT molecular complexity index is 494. The fraction of sp³-hybridized carbons (Fsp3) is 0.267.